The van der Waals surface area contributed by atoms with Gasteiger partial charge in [-0.05, 0) is 138 Å². The van der Waals surface area contributed by atoms with Crippen molar-refractivity contribution >= 4 is 27.4 Å². The quantitative estimate of drug-likeness (QED) is 0.304. The molecule has 1 unspecified atom stereocenters. The number of fused-ring (bicyclic) bond motifs is 6. The fourth-order valence-corrected chi connectivity index (χ4v) is 12.3. The second-order valence-electron chi connectivity index (χ2n) is 18.0. The summed E-state index contributed by atoms with van der Waals surface area (Å²) in [6, 6.07) is 12.4. The smallest absolute Gasteiger partial charge is 0.286 e. The first-order valence-corrected chi connectivity index (χ1v) is 22.6. The zero-order chi connectivity index (χ0) is 40.1. The minimum Gasteiger partial charge on any atom is -0.490 e. The zero-order valence-electron chi connectivity index (χ0n) is 34.5. The third-order valence-corrected chi connectivity index (χ3v) is 15.4. The standard InChI is InChI=1S/C44H60N6O6S/c1-28-10-15-37-30(20-28)8-7-18-44(37)26-50-23-33-12-14-35(33)40-31(21-34(56-40)17-19-48(3)4)11-9-29(2)25-57(53,47-42(52)36-24-49(5)45-43(36)54-6)46-41(51)32-13-16-39(55-27-44)38(50)22-32/h10,13,15-16,20,22,24,29,31,33-35,40H,7-9,11-12,14,17-19,21,23,25-27H2,1-6H3,(H,46,47,51,52,53)/t29-,31-,33-,34+,35+,40-,44-,57?/m0/s1. The number of benzene rings is 2. The maximum atomic E-state index is 14.9. The van der Waals surface area contributed by atoms with Gasteiger partial charge in [0.1, 0.15) is 21.2 Å². The lowest BCUT2D eigenvalue weighted by Gasteiger charge is -2.47. The SMILES string of the molecule is COc1nn(C)cc1C(=O)NS1(=O)=NC(=O)c2ccc3c(c2)N(C[C@@H]2CC[C@H]2[C@H]2O[C@H](CCN(C)C)C[C@@H]2CC[C@H](C)C1)C[C@@]1(CCCc2cc(C)ccc21)CO3. The first-order chi connectivity index (χ1) is 27.3. The summed E-state index contributed by atoms with van der Waals surface area (Å²) in [5.74, 6) is 0.756. The van der Waals surface area contributed by atoms with Crippen LogP contribution in [0, 0.1) is 30.6 Å². The highest BCUT2D eigenvalue weighted by Crippen LogP contribution is 2.50. The molecule has 2 aromatic carbocycles. The van der Waals surface area contributed by atoms with Gasteiger partial charge in [-0.2, -0.15) is 0 Å². The van der Waals surface area contributed by atoms with Gasteiger partial charge in [0.05, 0.1) is 37.4 Å². The number of ether oxygens (including phenoxy) is 3. The minimum atomic E-state index is -3.59. The molecule has 2 aliphatic carbocycles. The minimum absolute atomic E-state index is 0.0307. The Morgan fingerprint density at radius 1 is 1.12 bits per heavy atom. The number of hydrogen-bond acceptors (Lipinski definition) is 9. The van der Waals surface area contributed by atoms with Crippen LogP contribution < -0.4 is 19.1 Å². The summed E-state index contributed by atoms with van der Waals surface area (Å²) in [6.07, 6.45) is 11.0. The summed E-state index contributed by atoms with van der Waals surface area (Å²) in [5.41, 5.74) is 5.14. The van der Waals surface area contributed by atoms with Gasteiger partial charge in [-0.25, -0.2) is 4.21 Å². The lowest BCUT2D eigenvalue weighted by Crippen LogP contribution is -2.50. The molecule has 0 radical (unpaired) electrons. The average Bonchev–Trinajstić information content (AvgIpc) is 3.70. The average molecular weight is 801 g/mol. The summed E-state index contributed by atoms with van der Waals surface area (Å²) in [4.78, 5) is 32.7. The first-order valence-electron chi connectivity index (χ1n) is 20.9. The van der Waals surface area contributed by atoms with Crippen LogP contribution in [-0.4, -0.2) is 96.1 Å². The van der Waals surface area contributed by atoms with Gasteiger partial charge in [0.25, 0.3) is 11.8 Å². The molecular formula is C44H60N6O6S. The Morgan fingerprint density at radius 3 is 2.72 bits per heavy atom. The number of methoxy groups -OCH3 is 1. The van der Waals surface area contributed by atoms with E-state index in [0.717, 1.165) is 88.9 Å². The largest absolute Gasteiger partial charge is 0.490 e. The zero-order valence-corrected chi connectivity index (χ0v) is 35.3. The predicted molar refractivity (Wildman–Crippen MR) is 221 cm³/mol. The molecule has 1 saturated heterocycles. The fraction of sp³-hybridized carbons (Fsp3) is 0.614. The van der Waals surface area contributed by atoms with E-state index in [2.05, 4.69) is 63.2 Å². The van der Waals surface area contributed by atoms with Crippen molar-refractivity contribution < 1.29 is 28.0 Å². The molecule has 57 heavy (non-hydrogen) atoms. The van der Waals surface area contributed by atoms with Crippen LogP contribution in [0.15, 0.2) is 47.0 Å². The van der Waals surface area contributed by atoms with Gasteiger partial charge in [-0.1, -0.05) is 30.7 Å². The van der Waals surface area contributed by atoms with Crippen molar-refractivity contribution in [1.29, 1.82) is 0 Å². The van der Waals surface area contributed by atoms with Crippen LogP contribution in [0.4, 0.5) is 5.69 Å². The van der Waals surface area contributed by atoms with Gasteiger partial charge < -0.3 is 24.0 Å². The molecule has 4 heterocycles. The van der Waals surface area contributed by atoms with E-state index in [9.17, 15) is 13.8 Å². The van der Waals surface area contributed by atoms with Crippen molar-refractivity contribution in [3.63, 3.8) is 0 Å². The lowest BCUT2D eigenvalue weighted by molar-refractivity contribution is -0.0553. The number of nitrogens with one attached hydrogen (secondary N) is 1. The molecule has 12 nitrogen and oxygen atoms in total. The van der Waals surface area contributed by atoms with Crippen LogP contribution in [0.3, 0.4) is 0 Å². The Bertz CT molecular complexity index is 2130. The summed E-state index contributed by atoms with van der Waals surface area (Å²) in [7, 11) is 3.75. The maximum Gasteiger partial charge on any atom is 0.286 e. The molecule has 1 spiro atoms. The molecule has 308 valence electrons. The summed E-state index contributed by atoms with van der Waals surface area (Å²) in [5, 5.41) is 4.20. The number of carbonyl (C=O) groups excluding carboxylic acids is 2. The number of aromatic nitrogens is 2. The molecule has 1 saturated carbocycles. The molecule has 2 fully saturated rings. The number of rotatable bonds is 6. The van der Waals surface area contributed by atoms with Crippen LogP contribution in [0.5, 0.6) is 11.6 Å². The highest BCUT2D eigenvalue weighted by Gasteiger charge is 2.48. The van der Waals surface area contributed by atoms with E-state index in [1.807, 2.05) is 19.1 Å². The number of aryl methyl sites for hydroxylation is 3. The molecule has 8 rings (SSSR count). The van der Waals surface area contributed by atoms with Crippen molar-refractivity contribution in [3.05, 3.63) is 70.4 Å². The van der Waals surface area contributed by atoms with Gasteiger partial charge in [0.2, 0.25) is 5.88 Å². The third kappa shape index (κ3) is 8.21. The van der Waals surface area contributed by atoms with E-state index in [1.165, 1.54) is 34.7 Å². The molecule has 5 aliphatic rings. The predicted octanol–water partition coefficient (Wildman–Crippen LogP) is 6.34. The maximum absolute atomic E-state index is 14.9. The van der Waals surface area contributed by atoms with E-state index >= 15 is 0 Å². The Balaban J connectivity index is 1.19. The Kier molecular flexibility index (Phi) is 11.2. The number of hydrogen-bond donors (Lipinski definition) is 1. The van der Waals surface area contributed by atoms with E-state index in [-0.39, 0.29) is 40.7 Å². The molecule has 3 aromatic rings. The highest BCUT2D eigenvalue weighted by molar-refractivity contribution is 7.92. The molecule has 2 bridgehead atoms. The van der Waals surface area contributed by atoms with Crippen LogP contribution >= 0.6 is 0 Å². The molecule has 1 aromatic heterocycles. The van der Waals surface area contributed by atoms with Gasteiger partial charge in [0.15, 0.2) is 0 Å². The molecule has 3 aliphatic heterocycles. The second-order valence-corrected chi connectivity index (χ2v) is 20.0. The Labute approximate surface area is 338 Å². The normalized spacial score (nSPS) is 31.3. The number of carbonyl (C=O) groups is 2. The van der Waals surface area contributed by atoms with E-state index < -0.39 is 21.7 Å². The number of anilines is 1. The Morgan fingerprint density at radius 2 is 1.95 bits per heavy atom. The molecule has 2 amide bonds. The second kappa shape index (κ2) is 16.0. The van der Waals surface area contributed by atoms with Crippen LogP contribution in [-0.2, 0) is 33.5 Å². The molecule has 8 atom stereocenters. The van der Waals surface area contributed by atoms with Gasteiger partial charge in [-0.3, -0.25) is 19.0 Å². The van der Waals surface area contributed by atoms with E-state index in [1.54, 1.807) is 13.1 Å². The van der Waals surface area contributed by atoms with Crippen molar-refractivity contribution in [2.24, 2.45) is 35.1 Å². The van der Waals surface area contributed by atoms with Gasteiger partial charge >= 0.3 is 0 Å². The Hall–Kier alpha value is -3.94. The lowest BCUT2D eigenvalue weighted by atomic mass is 9.66. The van der Waals surface area contributed by atoms with Crippen LogP contribution in [0.25, 0.3) is 0 Å². The van der Waals surface area contributed by atoms with Crippen molar-refractivity contribution in [3.8, 4) is 11.6 Å². The summed E-state index contributed by atoms with van der Waals surface area (Å²) < 4.78 is 42.6. The van der Waals surface area contributed by atoms with Crippen molar-refractivity contribution in [2.75, 3.05) is 58.1 Å². The number of amides is 2. The third-order valence-electron chi connectivity index (χ3n) is 13.4. The van der Waals surface area contributed by atoms with Gasteiger partial charge in [-0.15, -0.1) is 9.46 Å². The first kappa shape index (κ1) is 39.9. The van der Waals surface area contributed by atoms with Crippen LogP contribution in [0.2, 0.25) is 0 Å². The van der Waals surface area contributed by atoms with E-state index in [4.69, 9.17) is 14.2 Å². The molecular weight excluding hydrogens is 741 g/mol. The number of nitrogens with zero attached hydrogens (tertiary/aromatic N) is 5. The van der Waals surface area contributed by atoms with Crippen molar-refractivity contribution in [2.45, 2.75) is 89.3 Å². The van der Waals surface area contributed by atoms with Crippen LogP contribution in [0.1, 0.15) is 95.7 Å². The van der Waals surface area contributed by atoms with Crippen molar-refractivity contribution in [1.82, 2.24) is 19.4 Å². The van der Waals surface area contributed by atoms with E-state index in [0.29, 0.717) is 29.9 Å². The monoisotopic (exact) mass is 800 g/mol. The molecule has 13 heteroatoms. The highest BCUT2D eigenvalue weighted by atomic mass is 32.2. The van der Waals surface area contributed by atoms with Gasteiger partial charge in [0, 0.05) is 37.3 Å². The summed E-state index contributed by atoms with van der Waals surface area (Å²) in [6.45, 7) is 7.34. The molecule has 1 N–H and O–H groups in total. The summed E-state index contributed by atoms with van der Waals surface area (Å²) >= 11 is 0. The fourth-order valence-electron chi connectivity index (χ4n) is 10.4. The topological polar surface area (TPSA) is 128 Å².